The van der Waals surface area contributed by atoms with E-state index in [1.165, 1.54) is 12.8 Å². The fraction of sp³-hybridized carbons (Fsp3) is 0.909. The molecule has 1 aliphatic heterocycles. The monoisotopic (exact) mass is 200 g/mol. The van der Waals surface area contributed by atoms with Crippen LogP contribution in [0.15, 0.2) is 0 Å². The molecular weight excluding hydrogens is 180 g/mol. The fourth-order valence-electron chi connectivity index (χ4n) is 1.70. The number of carbonyl (C=O) groups excluding carboxylic acids is 1. The first kappa shape index (κ1) is 11.5. The van der Waals surface area contributed by atoms with Gasteiger partial charge in [0.05, 0.1) is 0 Å². The van der Waals surface area contributed by atoms with Crippen LogP contribution in [-0.2, 0) is 14.3 Å². The minimum Gasteiger partial charge on any atom is -0.434 e. The number of carbonyl (C=O) groups is 1. The van der Waals surface area contributed by atoms with Crippen LogP contribution in [0, 0.1) is 5.92 Å². The van der Waals surface area contributed by atoms with E-state index < -0.39 is 0 Å². The molecule has 1 fully saturated rings. The van der Waals surface area contributed by atoms with E-state index in [4.69, 9.17) is 9.47 Å². The summed E-state index contributed by atoms with van der Waals surface area (Å²) < 4.78 is 10.6. The Kier molecular flexibility index (Phi) is 4.39. The summed E-state index contributed by atoms with van der Waals surface area (Å²) in [6.45, 7) is 6.02. The lowest BCUT2D eigenvalue weighted by Crippen LogP contribution is -2.21. The number of ether oxygens (including phenoxy) is 2. The molecule has 3 atom stereocenters. The standard InChI is InChI=1S/C11H20O3/c1-4-6-7-9(5-2)11-13-8(3)10(12)14-11/h8-9,11H,4-7H2,1-3H3/t8-,9+,11+/m1/s1. The minimum atomic E-state index is -0.379. The maximum atomic E-state index is 11.1. The molecule has 0 aromatic heterocycles. The van der Waals surface area contributed by atoms with E-state index in [0.717, 1.165) is 12.8 Å². The van der Waals surface area contributed by atoms with Crippen molar-refractivity contribution in [3.63, 3.8) is 0 Å². The third kappa shape index (κ3) is 2.71. The molecule has 3 heteroatoms. The summed E-state index contributed by atoms with van der Waals surface area (Å²) >= 11 is 0. The van der Waals surface area contributed by atoms with E-state index in [1.54, 1.807) is 6.92 Å². The van der Waals surface area contributed by atoms with Gasteiger partial charge in [0, 0.05) is 5.92 Å². The van der Waals surface area contributed by atoms with Crippen molar-refractivity contribution in [3.8, 4) is 0 Å². The molecule has 1 saturated heterocycles. The maximum Gasteiger partial charge on any atom is 0.337 e. The van der Waals surface area contributed by atoms with Gasteiger partial charge in [0.15, 0.2) is 6.10 Å². The van der Waals surface area contributed by atoms with E-state index in [9.17, 15) is 4.79 Å². The van der Waals surface area contributed by atoms with Gasteiger partial charge >= 0.3 is 5.97 Å². The molecule has 82 valence electrons. The van der Waals surface area contributed by atoms with Crippen LogP contribution in [-0.4, -0.2) is 18.4 Å². The smallest absolute Gasteiger partial charge is 0.337 e. The molecule has 1 aliphatic rings. The Balaban J connectivity index is 2.41. The summed E-state index contributed by atoms with van der Waals surface area (Å²) in [5.41, 5.74) is 0. The SMILES string of the molecule is CCCC[C@H](CC)[C@@H]1OC(=O)[C@@H](C)O1. The van der Waals surface area contributed by atoms with Crippen LogP contribution in [0.4, 0.5) is 0 Å². The Morgan fingerprint density at radius 2 is 2.14 bits per heavy atom. The van der Waals surface area contributed by atoms with Gasteiger partial charge in [0.1, 0.15) is 0 Å². The molecule has 1 rings (SSSR count). The lowest BCUT2D eigenvalue weighted by atomic mass is 9.99. The molecule has 0 unspecified atom stereocenters. The van der Waals surface area contributed by atoms with Crippen molar-refractivity contribution in [3.05, 3.63) is 0 Å². The van der Waals surface area contributed by atoms with Crippen LogP contribution in [0.25, 0.3) is 0 Å². The molecule has 0 amide bonds. The molecule has 0 spiro atoms. The fourth-order valence-corrected chi connectivity index (χ4v) is 1.70. The van der Waals surface area contributed by atoms with Crippen LogP contribution in [0.2, 0.25) is 0 Å². The van der Waals surface area contributed by atoms with Gasteiger partial charge in [-0.3, -0.25) is 0 Å². The van der Waals surface area contributed by atoms with Gasteiger partial charge < -0.3 is 9.47 Å². The number of cyclic esters (lactones) is 1. The quantitative estimate of drug-likeness (QED) is 0.640. The largest absolute Gasteiger partial charge is 0.434 e. The molecule has 0 saturated carbocycles. The number of unbranched alkanes of at least 4 members (excludes halogenated alkanes) is 1. The zero-order chi connectivity index (χ0) is 10.6. The molecule has 3 nitrogen and oxygen atoms in total. The first-order valence-corrected chi connectivity index (χ1v) is 5.55. The highest BCUT2D eigenvalue weighted by molar-refractivity contribution is 5.75. The molecule has 0 aromatic rings. The highest BCUT2D eigenvalue weighted by atomic mass is 16.8. The van der Waals surface area contributed by atoms with Gasteiger partial charge in [0.2, 0.25) is 6.29 Å². The predicted molar refractivity (Wildman–Crippen MR) is 53.7 cm³/mol. The van der Waals surface area contributed by atoms with Crippen LogP contribution < -0.4 is 0 Å². The van der Waals surface area contributed by atoms with Crippen molar-refractivity contribution in [2.75, 3.05) is 0 Å². The van der Waals surface area contributed by atoms with Crippen molar-refractivity contribution in [2.45, 2.75) is 58.8 Å². The van der Waals surface area contributed by atoms with Crippen LogP contribution in [0.5, 0.6) is 0 Å². The van der Waals surface area contributed by atoms with E-state index >= 15 is 0 Å². The van der Waals surface area contributed by atoms with Crippen molar-refractivity contribution in [1.29, 1.82) is 0 Å². The molecule has 14 heavy (non-hydrogen) atoms. The summed E-state index contributed by atoms with van der Waals surface area (Å²) in [6, 6.07) is 0. The van der Waals surface area contributed by atoms with Gasteiger partial charge in [-0.2, -0.15) is 0 Å². The zero-order valence-electron chi connectivity index (χ0n) is 9.29. The van der Waals surface area contributed by atoms with Crippen LogP contribution in [0.1, 0.15) is 46.5 Å². The second-order valence-electron chi connectivity index (χ2n) is 3.89. The molecule has 0 aliphatic carbocycles. The van der Waals surface area contributed by atoms with Gasteiger partial charge in [-0.1, -0.05) is 26.7 Å². The molecule has 0 bridgehead atoms. The molecular formula is C11H20O3. The van der Waals surface area contributed by atoms with E-state index in [-0.39, 0.29) is 18.4 Å². The average molecular weight is 200 g/mol. The lowest BCUT2D eigenvalue weighted by molar-refractivity contribution is -0.148. The highest BCUT2D eigenvalue weighted by Gasteiger charge is 2.35. The lowest BCUT2D eigenvalue weighted by Gasteiger charge is -2.19. The second-order valence-corrected chi connectivity index (χ2v) is 3.89. The van der Waals surface area contributed by atoms with Crippen LogP contribution >= 0.6 is 0 Å². The van der Waals surface area contributed by atoms with Gasteiger partial charge in [-0.25, -0.2) is 4.79 Å². The van der Waals surface area contributed by atoms with E-state index in [0.29, 0.717) is 5.92 Å². The Labute approximate surface area is 85.8 Å². The summed E-state index contributed by atoms with van der Waals surface area (Å²) in [7, 11) is 0. The Bertz CT molecular complexity index is 191. The molecule has 0 N–H and O–H groups in total. The average Bonchev–Trinajstić information content (AvgIpc) is 2.48. The number of esters is 1. The zero-order valence-corrected chi connectivity index (χ0v) is 9.29. The molecule has 1 heterocycles. The maximum absolute atomic E-state index is 11.1. The summed E-state index contributed by atoms with van der Waals surface area (Å²) in [4.78, 5) is 11.1. The molecule has 0 aromatic carbocycles. The van der Waals surface area contributed by atoms with Crippen LogP contribution in [0.3, 0.4) is 0 Å². The summed E-state index contributed by atoms with van der Waals surface area (Å²) in [5, 5.41) is 0. The van der Waals surface area contributed by atoms with Crippen molar-refractivity contribution in [2.24, 2.45) is 5.92 Å². The van der Waals surface area contributed by atoms with Gasteiger partial charge in [-0.05, 0) is 19.8 Å². The third-order valence-electron chi connectivity index (χ3n) is 2.74. The van der Waals surface area contributed by atoms with Crippen molar-refractivity contribution >= 4 is 5.97 Å². The Morgan fingerprint density at radius 1 is 1.43 bits per heavy atom. The summed E-state index contributed by atoms with van der Waals surface area (Å²) in [5.74, 6) is 0.147. The molecule has 0 radical (unpaired) electrons. The first-order chi connectivity index (χ1) is 6.69. The normalized spacial score (nSPS) is 28.9. The van der Waals surface area contributed by atoms with Crippen molar-refractivity contribution in [1.82, 2.24) is 0 Å². The Hall–Kier alpha value is -0.570. The summed E-state index contributed by atoms with van der Waals surface area (Å²) in [6.07, 6.45) is 3.75. The van der Waals surface area contributed by atoms with Gasteiger partial charge in [-0.15, -0.1) is 0 Å². The number of hydrogen-bond donors (Lipinski definition) is 0. The van der Waals surface area contributed by atoms with E-state index in [1.807, 2.05) is 0 Å². The first-order valence-electron chi connectivity index (χ1n) is 5.55. The topological polar surface area (TPSA) is 35.5 Å². The Morgan fingerprint density at radius 3 is 2.57 bits per heavy atom. The highest BCUT2D eigenvalue weighted by Crippen LogP contribution is 2.26. The van der Waals surface area contributed by atoms with Gasteiger partial charge in [0.25, 0.3) is 0 Å². The number of hydrogen-bond acceptors (Lipinski definition) is 3. The van der Waals surface area contributed by atoms with Crippen molar-refractivity contribution < 1.29 is 14.3 Å². The second kappa shape index (κ2) is 5.35. The number of rotatable bonds is 5. The third-order valence-corrected chi connectivity index (χ3v) is 2.74. The predicted octanol–water partition coefficient (Wildman–Crippen LogP) is 2.49. The minimum absolute atomic E-state index is 0.218. The van der Waals surface area contributed by atoms with E-state index in [2.05, 4.69) is 13.8 Å².